The van der Waals surface area contributed by atoms with E-state index in [1.807, 2.05) is 85.5 Å². The second-order valence-corrected chi connectivity index (χ2v) is 14.5. The number of ether oxygens (including phenoxy) is 1. The number of aryl methyl sites for hydroxylation is 1. The standard InChI is InChI=1S/C43H55N3O4.C5H12/c1-4-6-20-38-22-23-39(43(48)49)30-41(38)46(34(3)15-13-21-40(14-5-2)50-33-37-18-11-8-12-19-37)32-42(47)44-27-24-35-25-28-45(29-26-35)31-36-16-9-7-10-17-36;1-3-5-4-2/h5,7-19,21-23,30,34-35H,4,6,20,24-29,31-33H2,1-3H3,(H,44,47)(H,48,49);3-5H2,1-2H3/b14-5-,15-13+,40-21+;. The molecule has 1 atom stereocenters. The van der Waals surface area contributed by atoms with Crippen molar-refractivity contribution in [2.45, 2.75) is 112 Å². The molecule has 1 fully saturated rings. The number of carbonyl (C=O) groups excluding carboxylic acids is 1. The molecule has 55 heavy (non-hydrogen) atoms. The van der Waals surface area contributed by atoms with E-state index in [-0.39, 0.29) is 24.1 Å². The topological polar surface area (TPSA) is 82.1 Å². The predicted molar refractivity (Wildman–Crippen MR) is 229 cm³/mol. The molecule has 7 heteroatoms. The summed E-state index contributed by atoms with van der Waals surface area (Å²) < 4.78 is 6.07. The minimum absolute atomic E-state index is 0.0646. The Balaban J connectivity index is 0.00000152. The molecule has 0 spiro atoms. The van der Waals surface area contributed by atoms with Gasteiger partial charge in [0, 0.05) is 24.8 Å². The fourth-order valence-electron chi connectivity index (χ4n) is 6.72. The minimum Gasteiger partial charge on any atom is -0.489 e. The van der Waals surface area contributed by atoms with Crippen molar-refractivity contribution >= 4 is 17.6 Å². The van der Waals surface area contributed by atoms with Crippen molar-refractivity contribution in [1.82, 2.24) is 10.2 Å². The van der Waals surface area contributed by atoms with Crippen molar-refractivity contribution in [2.24, 2.45) is 5.92 Å². The van der Waals surface area contributed by atoms with Gasteiger partial charge >= 0.3 is 5.97 Å². The van der Waals surface area contributed by atoms with Gasteiger partial charge < -0.3 is 20.1 Å². The van der Waals surface area contributed by atoms with Gasteiger partial charge in [0.25, 0.3) is 0 Å². The van der Waals surface area contributed by atoms with Crippen molar-refractivity contribution in [2.75, 3.05) is 31.1 Å². The summed E-state index contributed by atoms with van der Waals surface area (Å²) in [6.07, 6.45) is 19.9. The first-order valence-corrected chi connectivity index (χ1v) is 20.6. The Morgan fingerprint density at radius 3 is 2.18 bits per heavy atom. The van der Waals surface area contributed by atoms with Crippen molar-refractivity contribution in [3.63, 3.8) is 0 Å². The molecule has 1 aliphatic rings. The highest BCUT2D eigenvalue weighted by Gasteiger charge is 2.22. The van der Waals surface area contributed by atoms with Crippen molar-refractivity contribution in [3.05, 3.63) is 137 Å². The third-order valence-corrected chi connectivity index (χ3v) is 10.0. The molecule has 0 aliphatic carbocycles. The molecular weight excluding hydrogens is 683 g/mol. The van der Waals surface area contributed by atoms with Crippen LogP contribution in [0.15, 0.2) is 115 Å². The molecule has 1 aliphatic heterocycles. The quantitative estimate of drug-likeness (QED) is 0.0834. The number of amides is 1. The number of piperidine rings is 1. The molecule has 1 amide bonds. The van der Waals surface area contributed by atoms with E-state index >= 15 is 0 Å². The second kappa shape index (κ2) is 26.2. The van der Waals surface area contributed by atoms with Crippen LogP contribution in [0.2, 0.25) is 0 Å². The Morgan fingerprint density at radius 2 is 1.58 bits per heavy atom. The summed E-state index contributed by atoms with van der Waals surface area (Å²) in [6.45, 7) is 14.9. The highest BCUT2D eigenvalue weighted by molar-refractivity contribution is 5.90. The summed E-state index contributed by atoms with van der Waals surface area (Å²) in [5.41, 5.74) is 4.48. The van der Waals surface area contributed by atoms with Gasteiger partial charge in [-0.05, 0) is 106 Å². The van der Waals surface area contributed by atoms with Gasteiger partial charge in [0.1, 0.15) is 12.4 Å². The Bertz CT molecular complexity index is 1610. The zero-order valence-corrected chi connectivity index (χ0v) is 34.2. The van der Waals surface area contributed by atoms with Crippen LogP contribution >= 0.6 is 0 Å². The van der Waals surface area contributed by atoms with E-state index in [0.717, 1.165) is 80.7 Å². The van der Waals surface area contributed by atoms with E-state index in [1.165, 1.54) is 24.8 Å². The third-order valence-electron chi connectivity index (χ3n) is 10.0. The summed E-state index contributed by atoms with van der Waals surface area (Å²) in [5.74, 6) is 0.275. The molecule has 298 valence electrons. The van der Waals surface area contributed by atoms with E-state index < -0.39 is 5.97 Å². The van der Waals surface area contributed by atoms with Gasteiger partial charge in [0.2, 0.25) is 5.91 Å². The number of unbranched alkanes of at least 4 members (excludes halogenated alkanes) is 3. The number of carboxylic acids is 1. The Morgan fingerprint density at radius 1 is 0.927 bits per heavy atom. The van der Waals surface area contributed by atoms with Gasteiger partial charge in [-0.1, -0.05) is 131 Å². The van der Waals surface area contributed by atoms with Gasteiger partial charge in [-0.15, -0.1) is 0 Å². The largest absolute Gasteiger partial charge is 0.489 e. The van der Waals surface area contributed by atoms with Crippen LogP contribution in [0.5, 0.6) is 0 Å². The lowest BCUT2D eigenvalue weighted by Gasteiger charge is -2.32. The molecule has 4 rings (SSSR count). The number of benzene rings is 3. The number of allylic oxidation sites excluding steroid dienone is 4. The number of hydrogen-bond acceptors (Lipinski definition) is 5. The molecule has 1 heterocycles. The highest BCUT2D eigenvalue weighted by Crippen LogP contribution is 2.27. The number of anilines is 1. The molecule has 3 aromatic rings. The van der Waals surface area contributed by atoms with Crippen molar-refractivity contribution in [1.29, 1.82) is 0 Å². The average molecular weight is 750 g/mol. The zero-order valence-electron chi connectivity index (χ0n) is 34.2. The lowest BCUT2D eigenvalue weighted by molar-refractivity contribution is -0.119. The smallest absolute Gasteiger partial charge is 0.335 e. The normalized spacial score (nSPS) is 14.4. The van der Waals surface area contributed by atoms with Crippen LogP contribution in [0.4, 0.5) is 5.69 Å². The molecule has 3 aromatic carbocycles. The van der Waals surface area contributed by atoms with E-state index in [4.69, 9.17) is 4.74 Å². The predicted octanol–water partition coefficient (Wildman–Crippen LogP) is 10.8. The summed E-state index contributed by atoms with van der Waals surface area (Å²) >= 11 is 0. The Kier molecular flexibility index (Phi) is 21.4. The van der Waals surface area contributed by atoms with Crippen LogP contribution in [0.3, 0.4) is 0 Å². The van der Waals surface area contributed by atoms with Crippen LogP contribution in [0, 0.1) is 5.92 Å². The van der Waals surface area contributed by atoms with E-state index in [1.54, 1.807) is 12.1 Å². The van der Waals surface area contributed by atoms with Gasteiger partial charge in [-0.25, -0.2) is 4.79 Å². The first kappa shape index (κ1) is 44.8. The molecule has 7 nitrogen and oxygen atoms in total. The second-order valence-electron chi connectivity index (χ2n) is 14.5. The first-order chi connectivity index (χ1) is 26.8. The lowest BCUT2D eigenvalue weighted by atomic mass is 9.93. The number of carbonyl (C=O) groups is 2. The van der Waals surface area contributed by atoms with E-state index in [0.29, 0.717) is 19.1 Å². The van der Waals surface area contributed by atoms with E-state index in [2.05, 4.69) is 61.3 Å². The van der Waals surface area contributed by atoms with Gasteiger partial charge in [-0.3, -0.25) is 9.69 Å². The summed E-state index contributed by atoms with van der Waals surface area (Å²) in [5, 5.41) is 13.0. The molecule has 2 N–H and O–H groups in total. The summed E-state index contributed by atoms with van der Waals surface area (Å²) in [6, 6.07) is 25.8. The van der Waals surface area contributed by atoms with Crippen LogP contribution in [-0.4, -0.2) is 54.1 Å². The molecule has 1 saturated heterocycles. The number of likely N-dealkylation sites (tertiary alicyclic amines) is 1. The van der Waals surface area contributed by atoms with Crippen LogP contribution in [0.1, 0.15) is 113 Å². The molecule has 0 aromatic heterocycles. The van der Waals surface area contributed by atoms with Gasteiger partial charge in [0.15, 0.2) is 0 Å². The maximum absolute atomic E-state index is 13.5. The van der Waals surface area contributed by atoms with Gasteiger partial charge in [-0.2, -0.15) is 0 Å². The molecule has 0 saturated carbocycles. The molecular formula is C48H67N3O4. The van der Waals surface area contributed by atoms with Gasteiger partial charge in [0.05, 0.1) is 12.1 Å². The fraction of sp³-hybridized carbons (Fsp3) is 0.458. The fourth-order valence-corrected chi connectivity index (χ4v) is 6.72. The third kappa shape index (κ3) is 17.2. The van der Waals surface area contributed by atoms with Crippen molar-refractivity contribution < 1.29 is 19.4 Å². The van der Waals surface area contributed by atoms with Crippen LogP contribution in [-0.2, 0) is 29.1 Å². The Labute approximate surface area is 332 Å². The number of nitrogens with one attached hydrogen (secondary N) is 1. The maximum Gasteiger partial charge on any atom is 0.335 e. The van der Waals surface area contributed by atoms with E-state index in [9.17, 15) is 14.7 Å². The molecule has 0 bridgehead atoms. The number of nitrogens with zero attached hydrogens (tertiary/aromatic N) is 2. The number of hydrogen-bond donors (Lipinski definition) is 2. The van der Waals surface area contributed by atoms with Crippen molar-refractivity contribution in [3.8, 4) is 0 Å². The van der Waals surface area contributed by atoms with Crippen LogP contribution < -0.4 is 10.2 Å². The Hall–Kier alpha value is -4.62. The zero-order chi connectivity index (χ0) is 39.7. The number of aromatic carboxylic acids is 1. The number of carboxylic acid groups (broad SMARTS) is 1. The monoisotopic (exact) mass is 750 g/mol. The summed E-state index contributed by atoms with van der Waals surface area (Å²) in [7, 11) is 0. The minimum atomic E-state index is -0.981. The maximum atomic E-state index is 13.5. The first-order valence-electron chi connectivity index (χ1n) is 20.6. The van der Waals surface area contributed by atoms with Crippen LogP contribution in [0.25, 0.3) is 0 Å². The number of rotatable bonds is 21. The highest BCUT2D eigenvalue weighted by atomic mass is 16.5. The average Bonchev–Trinajstić information content (AvgIpc) is 3.20. The molecule has 0 radical (unpaired) electrons. The summed E-state index contributed by atoms with van der Waals surface area (Å²) in [4.78, 5) is 30.1. The SMILES string of the molecule is CCCCC.C\C=C/C(=C\C=C\C(C)N(CC(=O)NCCC1CCN(Cc2ccccc2)CC1)c1cc(C(=O)O)ccc1CCCC)OCc1ccccc1. The lowest BCUT2D eigenvalue weighted by Crippen LogP contribution is -2.42. The molecule has 1 unspecified atom stereocenters.